The highest BCUT2D eigenvalue weighted by Gasteiger charge is 2.19. The van der Waals surface area contributed by atoms with Crippen LogP contribution in [0.2, 0.25) is 0 Å². The summed E-state index contributed by atoms with van der Waals surface area (Å²) in [4.78, 5) is 18.2. The predicted octanol–water partition coefficient (Wildman–Crippen LogP) is 1.64. The van der Waals surface area contributed by atoms with Gasteiger partial charge in [-0.15, -0.1) is 0 Å². The Hall–Kier alpha value is -1.51. The third kappa shape index (κ3) is 4.55. The minimum Gasteiger partial charge on any atom is -0.395 e. The van der Waals surface area contributed by atoms with Gasteiger partial charge in [0.2, 0.25) is 0 Å². The van der Waals surface area contributed by atoms with Gasteiger partial charge in [-0.1, -0.05) is 11.8 Å². The lowest BCUT2D eigenvalue weighted by Gasteiger charge is -2.24. The van der Waals surface area contributed by atoms with Crippen molar-refractivity contribution in [3.05, 3.63) is 29.6 Å². The summed E-state index contributed by atoms with van der Waals surface area (Å²) in [6.07, 6.45) is 5.59. The van der Waals surface area contributed by atoms with E-state index in [0.29, 0.717) is 17.5 Å². The maximum absolute atomic E-state index is 12.5. The third-order valence-corrected chi connectivity index (χ3v) is 3.72. The number of pyridine rings is 1. The van der Waals surface area contributed by atoms with Crippen molar-refractivity contribution in [2.75, 3.05) is 25.7 Å². The molecule has 1 N–H and O–H groups in total. The molecule has 0 fully saturated rings. The molecule has 1 rings (SSSR count). The molecule has 1 heterocycles. The van der Waals surface area contributed by atoms with Gasteiger partial charge in [0.15, 0.2) is 0 Å². The molecule has 0 aliphatic rings. The molecule has 1 aromatic rings. The van der Waals surface area contributed by atoms with E-state index in [1.807, 2.05) is 13.2 Å². The van der Waals surface area contributed by atoms with Crippen LogP contribution in [0.4, 0.5) is 0 Å². The first-order valence-corrected chi connectivity index (χ1v) is 7.81. The highest BCUT2D eigenvalue weighted by atomic mass is 32.2. The highest BCUT2D eigenvalue weighted by molar-refractivity contribution is 7.98. The van der Waals surface area contributed by atoms with Crippen LogP contribution < -0.4 is 0 Å². The molecule has 108 valence electrons. The van der Waals surface area contributed by atoms with Gasteiger partial charge in [0.1, 0.15) is 0 Å². The first-order valence-electron chi connectivity index (χ1n) is 6.41. The molecule has 20 heavy (non-hydrogen) atoms. The van der Waals surface area contributed by atoms with Crippen molar-refractivity contribution in [1.82, 2.24) is 9.88 Å². The predicted molar refractivity (Wildman–Crippen MR) is 82.8 cm³/mol. The molecule has 0 aromatic carbocycles. The van der Waals surface area contributed by atoms with Crippen molar-refractivity contribution in [2.24, 2.45) is 0 Å². The molecule has 1 atom stereocenters. The third-order valence-electron chi connectivity index (χ3n) is 2.90. The van der Waals surface area contributed by atoms with E-state index >= 15 is 0 Å². The average Bonchev–Trinajstić information content (AvgIpc) is 2.47. The Morgan fingerprint density at radius 3 is 3.00 bits per heavy atom. The topological polar surface area (TPSA) is 53.4 Å². The first-order chi connectivity index (χ1) is 9.61. The lowest BCUT2D eigenvalue weighted by atomic mass is 10.1. The van der Waals surface area contributed by atoms with Gasteiger partial charge in [-0.25, -0.2) is 0 Å². The number of hydrogen-bond donors (Lipinski definition) is 1. The molecule has 0 saturated heterocycles. The van der Waals surface area contributed by atoms with E-state index in [-0.39, 0.29) is 18.6 Å². The fourth-order valence-electron chi connectivity index (χ4n) is 1.64. The zero-order valence-electron chi connectivity index (χ0n) is 12.1. The molecular weight excluding hydrogens is 272 g/mol. The smallest absolute Gasteiger partial charge is 0.255 e. The van der Waals surface area contributed by atoms with Crippen LogP contribution in [-0.4, -0.2) is 52.6 Å². The fraction of sp³-hybridized carbons (Fsp3) is 0.467. The Balaban J connectivity index is 2.96. The number of thioether (sulfide) groups is 1. The molecular formula is C15H20N2O2S. The first kappa shape index (κ1) is 16.5. The molecule has 0 aliphatic heterocycles. The summed E-state index contributed by atoms with van der Waals surface area (Å²) in [5, 5.41) is 8.75. The number of amides is 1. The average molecular weight is 292 g/mol. The van der Waals surface area contributed by atoms with E-state index in [0.717, 1.165) is 5.75 Å². The SMILES string of the molecule is CSCC(C)N(C)C(=O)c1ccncc1C#CCCO. The van der Waals surface area contributed by atoms with E-state index in [2.05, 4.69) is 16.8 Å². The second-order valence-electron chi connectivity index (χ2n) is 4.42. The number of nitrogens with zero attached hydrogens (tertiary/aromatic N) is 2. The van der Waals surface area contributed by atoms with Gasteiger partial charge in [-0.2, -0.15) is 11.8 Å². The summed E-state index contributed by atoms with van der Waals surface area (Å²) in [5.41, 5.74) is 1.16. The normalized spacial score (nSPS) is 11.4. The van der Waals surface area contributed by atoms with E-state index in [4.69, 9.17) is 5.11 Å². The zero-order chi connectivity index (χ0) is 15.0. The highest BCUT2D eigenvalue weighted by Crippen LogP contribution is 2.12. The summed E-state index contributed by atoms with van der Waals surface area (Å²) in [6.45, 7) is 2.04. The minimum atomic E-state index is -0.0535. The molecule has 1 aromatic heterocycles. The number of aliphatic hydroxyl groups excluding tert-OH is 1. The van der Waals surface area contributed by atoms with E-state index in [9.17, 15) is 4.79 Å². The molecule has 0 saturated carbocycles. The number of aliphatic hydroxyl groups is 1. The Labute approximate surface area is 124 Å². The van der Waals surface area contributed by atoms with Crippen LogP contribution in [0.3, 0.4) is 0 Å². The van der Waals surface area contributed by atoms with Crippen LogP contribution in [0.1, 0.15) is 29.3 Å². The number of carbonyl (C=O) groups excluding carboxylic acids is 1. The summed E-state index contributed by atoms with van der Waals surface area (Å²) in [7, 11) is 1.80. The molecule has 0 spiro atoms. The van der Waals surface area contributed by atoms with Crippen LogP contribution in [0.15, 0.2) is 18.5 Å². The second-order valence-corrected chi connectivity index (χ2v) is 5.33. The van der Waals surface area contributed by atoms with Crippen molar-refractivity contribution in [2.45, 2.75) is 19.4 Å². The second kappa shape index (κ2) is 8.62. The molecule has 4 nitrogen and oxygen atoms in total. The Morgan fingerprint density at radius 2 is 2.35 bits per heavy atom. The van der Waals surface area contributed by atoms with Crippen LogP contribution in [0.5, 0.6) is 0 Å². The van der Waals surface area contributed by atoms with Crippen molar-refractivity contribution in [1.29, 1.82) is 0 Å². The van der Waals surface area contributed by atoms with Crippen molar-refractivity contribution >= 4 is 17.7 Å². The standard InChI is InChI=1S/C15H20N2O2S/c1-12(11-20-3)17(2)15(19)14-7-8-16-10-13(14)6-4-5-9-18/h7-8,10,12,18H,5,9,11H2,1-3H3. The fourth-order valence-corrected chi connectivity index (χ4v) is 2.34. The molecule has 1 amide bonds. The lowest BCUT2D eigenvalue weighted by molar-refractivity contribution is 0.0757. The van der Waals surface area contributed by atoms with E-state index in [1.165, 1.54) is 0 Å². The van der Waals surface area contributed by atoms with E-state index < -0.39 is 0 Å². The van der Waals surface area contributed by atoms with Gasteiger partial charge in [0, 0.05) is 37.7 Å². The van der Waals surface area contributed by atoms with Crippen LogP contribution in [0.25, 0.3) is 0 Å². The molecule has 0 aliphatic carbocycles. The Morgan fingerprint density at radius 1 is 1.60 bits per heavy atom. The summed E-state index contributed by atoms with van der Waals surface area (Å²) in [5.74, 6) is 6.56. The number of carbonyl (C=O) groups is 1. The minimum absolute atomic E-state index is 0.0151. The van der Waals surface area contributed by atoms with Crippen molar-refractivity contribution < 1.29 is 9.90 Å². The summed E-state index contributed by atoms with van der Waals surface area (Å²) in [6, 6.07) is 1.84. The van der Waals surface area contributed by atoms with Gasteiger partial charge < -0.3 is 10.0 Å². The van der Waals surface area contributed by atoms with Crippen molar-refractivity contribution in [3.8, 4) is 11.8 Å². The van der Waals surface area contributed by atoms with Gasteiger partial charge in [0.25, 0.3) is 5.91 Å². The van der Waals surface area contributed by atoms with Gasteiger partial charge in [-0.05, 0) is 19.2 Å². The quantitative estimate of drug-likeness (QED) is 0.838. The van der Waals surface area contributed by atoms with Crippen molar-refractivity contribution in [3.63, 3.8) is 0 Å². The maximum atomic E-state index is 12.5. The molecule has 0 bridgehead atoms. The number of aromatic nitrogens is 1. The monoisotopic (exact) mass is 292 g/mol. The van der Waals surface area contributed by atoms with Gasteiger partial charge >= 0.3 is 0 Å². The lowest BCUT2D eigenvalue weighted by Crippen LogP contribution is -2.37. The Kier molecular flexibility index (Phi) is 7.13. The molecule has 1 unspecified atom stereocenters. The number of hydrogen-bond acceptors (Lipinski definition) is 4. The molecule has 5 heteroatoms. The molecule has 0 radical (unpaired) electrons. The van der Waals surface area contributed by atoms with E-state index in [1.54, 1.807) is 42.2 Å². The summed E-state index contributed by atoms with van der Waals surface area (Å²) < 4.78 is 0. The van der Waals surface area contributed by atoms with Gasteiger partial charge in [-0.3, -0.25) is 9.78 Å². The van der Waals surface area contributed by atoms with Crippen LogP contribution >= 0.6 is 11.8 Å². The summed E-state index contributed by atoms with van der Waals surface area (Å²) >= 11 is 1.71. The zero-order valence-corrected chi connectivity index (χ0v) is 12.9. The van der Waals surface area contributed by atoms with Gasteiger partial charge in [0.05, 0.1) is 17.7 Å². The van der Waals surface area contributed by atoms with Crippen LogP contribution in [0, 0.1) is 11.8 Å². The largest absolute Gasteiger partial charge is 0.395 e. The van der Waals surface area contributed by atoms with Crippen LogP contribution in [-0.2, 0) is 0 Å². The number of rotatable bonds is 5. The maximum Gasteiger partial charge on any atom is 0.255 e. The Bertz CT molecular complexity index is 508.